The number of carbonyl (C=O) groups is 1. The van der Waals surface area contributed by atoms with E-state index in [9.17, 15) is 18.7 Å². The highest BCUT2D eigenvalue weighted by atomic mass is 35.5. The lowest BCUT2D eigenvalue weighted by atomic mass is 9.93. The Morgan fingerprint density at radius 1 is 1.18 bits per heavy atom. The van der Waals surface area contributed by atoms with Crippen LogP contribution in [0.1, 0.15) is 36.3 Å². The van der Waals surface area contributed by atoms with Gasteiger partial charge in [-0.2, -0.15) is 8.78 Å². The number of ether oxygens (including phenoxy) is 2. The summed E-state index contributed by atoms with van der Waals surface area (Å²) in [5.74, 6) is -0.943. The highest BCUT2D eigenvalue weighted by molar-refractivity contribution is 6.36. The van der Waals surface area contributed by atoms with Gasteiger partial charge in [0.25, 0.3) is 0 Å². The Morgan fingerprint density at radius 3 is 2.46 bits per heavy atom. The third-order valence-corrected chi connectivity index (χ3v) is 5.13. The SMILES string of the molecule is O=CC(c1ccc(OC(F)F)c(OC2CCC(O)C2)c1)c1c(Cl)cncc1Cl. The summed E-state index contributed by atoms with van der Waals surface area (Å²) in [6.07, 6.45) is 4.08. The molecule has 1 heterocycles. The van der Waals surface area contributed by atoms with Crippen LogP contribution in [0.3, 0.4) is 0 Å². The molecule has 1 saturated carbocycles. The molecule has 0 radical (unpaired) electrons. The van der Waals surface area contributed by atoms with Gasteiger partial charge < -0.3 is 19.4 Å². The van der Waals surface area contributed by atoms with Crippen LogP contribution >= 0.6 is 23.2 Å². The number of carbonyl (C=O) groups excluding carboxylic acids is 1. The number of rotatable bonds is 7. The van der Waals surface area contributed by atoms with E-state index in [2.05, 4.69) is 9.72 Å². The number of hydrogen-bond acceptors (Lipinski definition) is 5. The maximum absolute atomic E-state index is 12.8. The molecule has 150 valence electrons. The first-order valence-electron chi connectivity index (χ1n) is 8.56. The second kappa shape index (κ2) is 9.03. The van der Waals surface area contributed by atoms with Gasteiger partial charge in [0, 0.05) is 24.4 Å². The average molecular weight is 432 g/mol. The van der Waals surface area contributed by atoms with Crippen LogP contribution in [0.25, 0.3) is 0 Å². The van der Waals surface area contributed by atoms with Crippen LogP contribution in [-0.4, -0.2) is 35.2 Å². The lowest BCUT2D eigenvalue weighted by Crippen LogP contribution is -2.15. The topological polar surface area (TPSA) is 68.7 Å². The Balaban J connectivity index is 1.98. The van der Waals surface area contributed by atoms with Crippen LogP contribution in [0.5, 0.6) is 11.5 Å². The number of halogens is 4. The minimum atomic E-state index is -3.03. The predicted octanol–water partition coefficient (Wildman–Crippen LogP) is 4.61. The van der Waals surface area contributed by atoms with Gasteiger partial charge in [0.1, 0.15) is 12.4 Å². The molecule has 1 aromatic heterocycles. The smallest absolute Gasteiger partial charge is 0.387 e. The molecule has 1 N–H and O–H groups in total. The lowest BCUT2D eigenvalue weighted by Gasteiger charge is -2.20. The van der Waals surface area contributed by atoms with Crippen LogP contribution in [-0.2, 0) is 4.79 Å². The lowest BCUT2D eigenvalue weighted by molar-refractivity contribution is -0.108. The zero-order chi connectivity index (χ0) is 20.3. The molecule has 9 heteroatoms. The summed E-state index contributed by atoms with van der Waals surface area (Å²) in [4.78, 5) is 15.7. The van der Waals surface area contributed by atoms with Gasteiger partial charge in [-0.05, 0) is 30.5 Å². The molecular weight excluding hydrogens is 415 g/mol. The first kappa shape index (κ1) is 20.8. The highest BCUT2D eigenvalue weighted by Crippen LogP contribution is 2.39. The van der Waals surface area contributed by atoms with Crippen molar-refractivity contribution >= 4 is 29.5 Å². The molecule has 1 aliphatic rings. The van der Waals surface area contributed by atoms with Gasteiger partial charge in [-0.1, -0.05) is 29.3 Å². The molecule has 1 fully saturated rings. The summed E-state index contributed by atoms with van der Waals surface area (Å²) >= 11 is 12.3. The quantitative estimate of drug-likeness (QED) is 0.648. The molecule has 28 heavy (non-hydrogen) atoms. The van der Waals surface area contributed by atoms with Crippen molar-refractivity contribution in [1.82, 2.24) is 4.98 Å². The molecule has 2 aromatic rings. The van der Waals surface area contributed by atoms with Gasteiger partial charge in [0.15, 0.2) is 11.5 Å². The molecule has 3 unspecified atom stereocenters. The molecule has 5 nitrogen and oxygen atoms in total. The van der Waals surface area contributed by atoms with Crippen LogP contribution in [0, 0.1) is 0 Å². The Morgan fingerprint density at radius 2 is 1.89 bits per heavy atom. The van der Waals surface area contributed by atoms with Gasteiger partial charge in [-0.25, -0.2) is 0 Å². The average Bonchev–Trinajstić information content (AvgIpc) is 3.04. The largest absolute Gasteiger partial charge is 0.486 e. The highest BCUT2D eigenvalue weighted by Gasteiger charge is 2.27. The van der Waals surface area contributed by atoms with Gasteiger partial charge in [0.2, 0.25) is 0 Å². The third kappa shape index (κ3) is 4.71. The summed E-state index contributed by atoms with van der Waals surface area (Å²) in [5, 5.41) is 10.1. The van der Waals surface area contributed by atoms with Gasteiger partial charge in [-0.3, -0.25) is 4.98 Å². The van der Waals surface area contributed by atoms with E-state index in [1.54, 1.807) is 0 Å². The summed E-state index contributed by atoms with van der Waals surface area (Å²) in [5.41, 5.74) is 0.804. The number of aliphatic hydroxyl groups excluding tert-OH is 1. The first-order chi connectivity index (χ1) is 13.4. The predicted molar refractivity (Wildman–Crippen MR) is 99.5 cm³/mol. The number of aromatic nitrogens is 1. The van der Waals surface area contributed by atoms with Crippen molar-refractivity contribution in [2.75, 3.05) is 0 Å². The minimum absolute atomic E-state index is 0.0602. The van der Waals surface area contributed by atoms with Crippen molar-refractivity contribution < 1.29 is 28.2 Å². The van der Waals surface area contributed by atoms with Crippen molar-refractivity contribution in [2.24, 2.45) is 0 Å². The molecule has 1 aliphatic carbocycles. The van der Waals surface area contributed by atoms with Crippen molar-refractivity contribution in [3.63, 3.8) is 0 Å². The van der Waals surface area contributed by atoms with E-state index in [1.807, 2.05) is 0 Å². The Labute approximate surface area is 170 Å². The third-order valence-electron chi connectivity index (χ3n) is 4.53. The first-order valence-corrected chi connectivity index (χ1v) is 9.32. The second-order valence-electron chi connectivity index (χ2n) is 6.42. The van der Waals surface area contributed by atoms with Crippen LogP contribution in [0.4, 0.5) is 8.78 Å². The summed E-state index contributed by atoms with van der Waals surface area (Å²) in [7, 11) is 0. The van der Waals surface area contributed by atoms with Gasteiger partial charge in [0.05, 0.1) is 22.1 Å². The van der Waals surface area contributed by atoms with E-state index in [0.29, 0.717) is 36.7 Å². The zero-order valence-corrected chi connectivity index (χ0v) is 16.0. The van der Waals surface area contributed by atoms with E-state index in [1.165, 1.54) is 30.6 Å². The fourth-order valence-electron chi connectivity index (χ4n) is 3.24. The summed E-state index contributed by atoms with van der Waals surface area (Å²) < 4.78 is 35.8. The molecule has 0 aliphatic heterocycles. The summed E-state index contributed by atoms with van der Waals surface area (Å²) in [6.45, 7) is -3.03. The molecule has 0 saturated heterocycles. The number of hydrogen-bond donors (Lipinski definition) is 1. The minimum Gasteiger partial charge on any atom is -0.486 e. The van der Waals surface area contributed by atoms with E-state index in [-0.39, 0.29) is 27.6 Å². The fraction of sp³-hybridized carbons (Fsp3) is 0.368. The number of benzene rings is 1. The number of nitrogens with zero attached hydrogens (tertiary/aromatic N) is 1. The van der Waals surface area contributed by atoms with Gasteiger partial charge in [-0.15, -0.1) is 0 Å². The number of aldehydes is 1. The molecule has 0 amide bonds. The molecule has 0 bridgehead atoms. The second-order valence-corrected chi connectivity index (χ2v) is 7.24. The Kier molecular flexibility index (Phi) is 6.69. The fourth-order valence-corrected chi connectivity index (χ4v) is 3.84. The van der Waals surface area contributed by atoms with E-state index in [0.717, 1.165) is 0 Å². The molecule has 3 rings (SSSR count). The van der Waals surface area contributed by atoms with Crippen molar-refractivity contribution in [2.45, 2.75) is 44.0 Å². The molecule has 1 aromatic carbocycles. The molecular formula is C19H17Cl2F2NO4. The number of pyridine rings is 1. The number of aliphatic hydroxyl groups is 1. The van der Waals surface area contributed by atoms with E-state index < -0.39 is 18.6 Å². The maximum Gasteiger partial charge on any atom is 0.387 e. The number of alkyl halides is 2. The monoisotopic (exact) mass is 431 g/mol. The van der Waals surface area contributed by atoms with E-state index in [4.69, 9.17) is 27.9 Å². The van der Waals surface area contributed by atoms with Crippen molar-refractivity contribution in [3.05, 3.63) is 51.8 Å². The zero-order valence-electron chi connectivity index (χ0n) is 14.5. The van der Waals surface area contributed by atoms with Crippen molar-refractivity contribution in [1.29, 1.82) is 0 Å². The van der Waals surface area contributed by atoms with Crippen LogP contribution in [0.15, 0.2) is 30.6 Å². The van der Waals surface area contributed by atoms with Crippen LogP contribution in [0.2, 0.25) is 10.0 Å². The van der Waals surface area contributed by atoms with Gasteiger partial charge >= 0.3 is 6.61 Å². The molecule has 3 atom stereocenters. The van der Waals surface area contributed by atoms with Crippen molar-refractivity contribution in [3.8, 4) is 11.5 Å². The van der Waals surface area contributed by atoms with Crippen LogP contribution < -0.4 is 9.47 Å². The molecule has 0 spiro atoms. The summed E-state index contributed by atoms with van der Waals surface area (Å²) in [6, 6.07) is 4.23. The Hall–Kier alpha value is -1.96. The maximum atomic E-state index is 12.8. The Bertz CT molecular complexity index is 832. The normalized spacial score (nSPS) is 20.2. The standard InChI is InChI=1S/C19H17Cl2F2NO4/c20-14-7-24-8-15(21)18(14)13(9-25)10-1-4-16(28-19(22)23)17(5-10)27-12-3-2-11(26)6-12/h1,4-5,7-9,11-13,19,26H,2-3,6H2. The van der Waals surface area contributed by atoms with E-state index >= 15 is 0 Å².